The Hall–Kier alpha value is -0.470. The number of hydrogen-bond acceptors (Lipinski definition) is 5. The van der Waals surface area contributed by atoms with Crippen LogP contribution in [0, 0.1) is 0 Å². The van der Waals surface area contributed by atoms with Gasteiger partial charge in [0.1, 0.15) is 0 Å². The van der Waals surface area contributed by atoms with Gasteiger partial charge in [-0.3, -0.25) is 0 Å². The van der Waals surface area contributed by atoms with Crippen LogP contribution in [0.2, 0.25) is 0 Å². The molecule has 0 aromatic carbocycles. The maximum atomic E-state index is 12.6. The molecule has 1 saturated heterocycles. The zero-order chi connectivity index (χ0) is 14.8. The summed E-state index contributed by atoms with van der Waals surface area (Å²) in [5.41, 5.74) is 0. The second-order valence-corrected chi connectivity index (χ2v) is 8.23. The van der Waals surface area contributed by atoms with E-state index in [1.807, 2.05) is 21.0 Å². The molecule has 0 aliphatic carbocycles. The van der Waals surface area contributed by atoms with Crippen LogP contribution < -0.4 is 5.32 Å². The summed E-state index contributed by atoms with van der Waals surface area (Å²) in [6.45, 7) is 4.86. The Morgan fingerprint density at radius 3 is 2.85 bits per heavy atom. The fraction of sp³-hybridized carbons (Fsp3) is 0.692. The normalized spacial score (nSPS) is 20.9. The average Bonchev–Trinajstić information content (AvgIpc) is 3.05. The summed E-state index contributed by atoms with van der Waals surface area (Å²) in [6.07, 6.45) is 0.903. The molecular formula is C13H23N3O2S2. The van der Waals surface area contributed by atoms with Crippen LogP contribution in [0.25, 0.3) is 0 Å². The molecule has 1 unspecified atom stereocenters. The second kappa shape index (κ2) is 6.53. The van der Waals surface area contributed by atoms with Crippen LogP contribution >= 0.6 is 11.3 Å². The summed E-state index contributed by atoms with van der Waals surface area (Å²) < 4.78 is 26.8. The fourth-order valence-corrected chi connectivity index (χ4v) is 5.06. The van der Waals surface area contributed by atoms with Gasteiger partial charge < -0.3 is 10.2 Å². The molecule has 7 heteroatoms. The maximum Gasteiger partial charge on any atom is 0.243 e. The molecule has 0 spiro atoms. The van der Waals surface area contributed by atoms with E-state index in [0.29, 0.717) is 24.0 Å². The largest absolute Gasteiger partial charge is 0.312 e. The highest BCUT2D eigenvalue weighted by molar-refractivity contribution is 7.89. The minimum Gasteiger partial charge on any atom is -0.312 e. The van der Waals surface area contributed by atoms with Crippen molar-refractivity contribution in [2.75, 3.05) is 33.7 Å². The molecular weight excluding hydrogens is 294 g/mol. The lowest BCUT2D eigenvalue weighted by molar-refractivity contribution is 0.302. The zero-order valence-electron chi connectivity index (χ0n) is 12.3. The van der Waals surface area contributed by atoms with E-state index in [-0.39, 0.29) is 0 Å². The lowest BCUT2D eigenvalue weighted by Gasteiger charge is -2.19. The molecule has 1 fully saturated rings. The molecule has 20 heavy (non-hydrogen) atoms. The van der Waals surface area contributed by atoms with Gasteiger partial charge in [-0.2, -0.15) is 4.31 Å². The van der Waals surface area contributed by atoms with Gasteiger partial charge in [0.2, 0.25) is 10.0 Å². The maximum absolute atomic E-state index is 12.6. The van der Waals surface area contributed by atoms with Crippen LogP contribution in [0.4, 0.5) is 0 Å². The molecule has 1 aromatic heterocycles. The number of sulfonamides is 1. The summed E-state index contributed by atoms with van der Waals surface area (Å²) in [5, 5.41) is 4.97. The monoisotopic (exact) mass is 317 g/mol. The smallest absolute Gasteiger partial charge is 0.243 e. The van der Waals surface area contributed by atoms with Gasteiger partial charge >= 0.3 is 0 Å². The van der Waals surface area contributed by atoms with Crippen LogP contribution in [-0.2, 0) is 16.6 Å². The van der Waals surface area contributed by atoms with Crippen molar-refractivity contribution in [2.24, 2.45) is 0 Å². The van der Waals surface area contributed by atoms with Crippen molar-refractivity contribution in [3.63, 3.8) is 0 Å². The summed E-state index contributed by atoms with van der Waals surface area (Å²) in [7, 11) is 0.680. The van der Waals surface area contributed by atoms with Crippen LogP contribution in [0.1, 0.15) is 18.2 Å². The minimum absolute atomic E-state index is 0.324. The van der Waals surface area contributed by atoms with E-state index in [9.17, 15) is 8.42 Å². The molecule has 1 N–H and O–H groups in total. The Morgan fingerprint density at radius 1 is 1.50 bits per heavy atom. The van der Waals surface area contributed by atoms with E-state index in [1.54, 1.807) is 15.8 Å². The number of nitrogens with zero attached hydrogens (tertiary/aromatic N) is 2. The third-order valence-corrected chi connectivity index (χ3v) is 6.60. The number of nitrogens with one attached hydrogen (secondary N) is 1. The van der Waals surface area contributed by atoms with Crippen molar-refractivity contribution in [1.29, 1.82) is 0 Å². The molecule has 0 bridgehead atoms. The van der Waals surface area contributed by atoms with Crippen LogP contribution in [0.3, 0.4) is 0 Å². The first-order valence-electron chi connectivity index (χ1n) is 6.90. The molecule has 1 aliphatic heterocycles. The highest BCUT2D eigenvalue weighted by atomic mass is 32.2. The lowest BCUT2D eigenvalue weighted by atomic mass is 10.2. The molecule has 0 radical (unpaired) electrons. The van der Waals surface area contributed by atoms with Crippen molar-refractivity contribution >= 4 is 21.4 Å². The van der Waals surface area contributed by atoms with Gasteiger partial charge in [-0.15, -0.1) is 11.3 Å². The summed E-state index contributed by atoms with van der Waals surface area (Å²) in [6, 6.07) is 2.12. The number of thiophene rings is 1. The van der Waals surface area contributed by atoms with Gasteiger partial charge in [-0.25, -0.2) is 8.42 Å². The Labute approximate surface area is 125 Å². The first-order valence-corrected chi connectivity index (χ1v) is 9.21. The van der Waals surface area contributed by atoms with Gasteiger partial charge in [-0.1, -0.05) is 6.92 Å². The third-order valence-electron chi connectivity index (χ3n) is 3.67. The predicted octanol–water partition coefficient (Wildman–Crippen LogP) is 1.18. The quantitative estimate of drug-likeness (QED) is 0.856. The van der Waals surface area contributed by atoms with Crippen molar-refractivity contribution in [3.05, 3.63) is 16.3 Å². The van der Waals surface area contributed by atoms with E-state index in [4.69, 9.17) is 0 Å². The highest BCUT2D eigenvalue weighted by Crippen LogP contribution is 2.26. The Kier molecular flexibility index (Phi) is 5.19. The van der Waals surface area contributed by atoms with E-state index in [0.717, 1.165) is 24.4 Å². The van der Waals surface area contributed by atoms with Gasteiger partial charge in [0.05, 0.1) is 4.90 Å². The number of rotatable bonds is 6. The Balaban J connectivity index is 2.09. The molecule has 0 amide bonds. The van der Waals surface area contributed by atoms with Gasteiger partial charge in [0.25, 0.3) is 0 Å². The lowest BCUT2D eigenvalue weighted by Crippen LogP contribution is -2.34. The van der Waals surface area contributed by atoms with E-state index in [1.165, 1.54) is 11.3 Å². The molecule has 1 aromatic rings. The van der Waals surface area contributed by atoms with Gasteiger partial charge in [0, 0.05) is 35.9 Å². The van der Waals surface area contributed by atoms with Gasteiger partial charge in [-0.05, 0) is 33.1 Å². The fourth-order valence-electron chi connectivity index (χ4n) is 2.34. The standard InChI is InChI=1S/C13H23N3O2S2/c1-4-14-8-12-7-13(10-19-12)20(17,18)16-6-5-11(9-16)15(2)3/h7,10-11,14H,4-6,8-9H2,1-3H3. The Bertz CT molecular complexity index is 540. The summed E-state index contributed by atoms with van der Waals surface area (Å²) in [5.74, 6) is 0. The molecule has 114 valence electrons. The van der Waals surface area contributed by atoms with E-state index >= 15 is 0 Å². The molecule has 1 atom stereocenters. The third kappa shape index (κ3) is 3.40. The van der Waals surface area contributed by atoms with Crippen LogP contribution in [0.15, 0.2) is 16.3 Å². The zero-order valence-corrected chi connectivity index (χ0v) is 13.9. The summed E-state index contributed by atoms with van der Waals surface area (Å²) in [4.78, 5) is 3.60. The topological polar surface area (TPSA) is 52.7 Å². The number of likely N-dealkylation sites (N-methyl/N-ethyl adjacent to an activating group) is 1. The molecule has 2 rings (SSSR count). The van der Waals surface area contributed by atoms with Gasteiger partial charge in [0.15, 0.2) is 0 Å². The van der Waals surface area contributed by atoms with Crippen molar-refractivity contribution in [3.8, 4) is 0 Å². The number of hydrogen-bond donors (Lipinski definition) is 1. The predicted molar refractivity (Wildman–Crippen MR) is 82.6 cm³/mol. The molecule has 0 saturated carbocycles. The van der Waals surface area contributed by atoms with Crippen molar-refractivity contribution in [2.45, 2.75) is 30.8 Å². The first-order chi connectivity index (χ1) is 9.45. The van der Waals surface area contributed by atoms with Crippen molar-refractivity contribution < 1.29 is 8.42 Å². The van der Waals surface area contributed by atoms with Crippen LogP contribution in [0.5, 0.6) is 0 Å². The average molecular weight is 317 g/mol. The van der Waals surface area contributed by atoms with Crippen LogP contribution in [-0.4, -0.2) is 57.4 Å². The minimum atomic E-state index is -3.32. The molecule has 2 heterocycles. The second-order valence-electron chi connectivity index (χ2n) is 5.30. The van der Waals surface area contributed by atoms with Crippen molar-refractivity contribution in [1.82, 2.24) is 14.5 Å². The van der Waals surface area contributed by atoms with E-state index < -0.39 is 10.0 Å². The summed E-state index contributed by atoms with van der Waals surface area (Å²) >= 11 is 1.50. The Morgan fingerprint density at radius 2 is 2.25 bits per heavy atom. The SMILES string of the molecule is CCNCc1cc(S(=O)(=O)N2CCC(N(C)C)C2)cs1. The molecule has 1 aliphatic rings. The molecule has 5 nitrogen and oxygen atoms in total. The first kappa shape index (κ1) is 15.9. The highest BCUT2D eigenvalue weighted by Gasteiger charge is 2.33. The van der Waals surface area contributed by atoms with E-state index in [2.05, 4.69) is 10.2 Å².